The highest BCUT2D eigenvalue weighted by atomic mass is 16.5. The summed E-state index contributed by atoms with van der Waals surface area (Å²) in [5.74, 6) is -0.284. The third-order valence-corrected chi connectivity index (χ3v) is 7.35. The fraction of sp³-hybridized carbons (Fsp3) is 0.515. The van der Waals surface area contributed by atoms with Gasteiger partial charge in [0, 0.05) is 14.1 Å². The first-order chi connectivity index (χ1) is 20.5. The summed E-state index contributed by atoms with van der Waals surface area (Å²) in [7, 11) is 3.32. The van der Waals surface area contributed by atoms with Crippen molar-refractivity contribution in [3.8, 4) is 11.5 Å². The minimum atomic E-state index is -1.17. The first-order valence-electron chi connectivity index (χ1n) is 15.0. The number of carbonyl (C=O) groups excluding carboxylic acids is 4. The normalized spacial score (nSPS) is 20.0. The van der Waals surface area contributed by atoms with E-state index >= 15 is 0 Å². The van der Waals surface area contributed by atoms with Gasteiger partial charge in [0.1, 0.15) is 36.8 Å². The number of nitrogens with zero attached hydrogens (tertiary/aromatic N) is 2. The minimum absolute atomic E-state index is 0.126. The van der Waals surface area contributed by atoms with E-state index in [9.17, 15) is 19.2 Å². The largest absolute Gasteiger partial charge is 0.492 e. The highest BCUT2D eigenvalue weighted by Gasteiger charge is 2.33. The Balaban J connectivity index is 1.89. The number of para-hydroxylation sites is 2. The number of nitrogens with one attached hydrogen (secondary N) is 2. The standard InChI is InChI=1S/C33H46N4O6/c1-22(2)18-24-21-43-29-15-11-10-14-26(29)31(39)35-28(20-30(38)34-27(19-23(3)4)33(41)37(24)6)32(40)36(5)16-17-42-25-12-8-7-9-13-25/h7-15,22-24,27-28H,16-21H2,1-6H3,(H,34,38)(H,35,39)/t24-,27+,28+/m1/s1. The van der Waals surface area contributed by atoms with Crippen molar-refractivity contribution < 1.29 is 28.7 Å². The molecule has 0 fully saturated rings. The Morgan fingerprint density at radius 3 is 2.30 bits per heavy atom. The molecule has 1 heterocycles. The maximum atomic E-state index is 13.7. The van der Waals surface area contributed by atoms with Gasteiger partial charge in [0.15, 0.2) is 0 Å². The molecule has 1 aliphatic rings. The Kier molecular flexibility index (Phi) is 12.4. The van der Waals surface area contributed by atoms with Crippen LogP contribution in [0, 0.1) is 11.8 Å². The number of amides is 4. The summed E-state index contributed by atoms with van der Waals surface area (Å²) >= 11 is 0. The van der Waals surface area contributed by atoms with Gasteiger partial charge in [-0.15, -0.1) is 0 Å². The highest BCUT2D eigenvalue weighted by Crippen LogP contribution is 2.22. The number of fused-ring (bicyclic) bond motifs is 1. The Hall–Kier alpha value is -4.08. The molecule has 43 heavy (non-hydrogen) atoms. The first-order valence-corrected chi connectivity index (χ1v) is 15.0. The highest BCUT2D eigenvalue weighted by molar-refractivity contribution is 6.01. The maximum Gasteiger partial charge on any atom is 0.255 e. The molecule has 0 unspecified atom stereocenters. The zero-order valence-corrected chi connectivity index (χ0v) is 26.2. The second kappa shape index (κ2) is 16.0. The van der Waals surface area contributed by atoms with Gasteiger partial charge in [-0.3, -0.25) is 19.2 Å². The van der Waals surface area contributed by atoms with Gasteiger partial charge in [0.2, 0.25) is 17.7 Å². The molecule has 4 amide bonds. The van der Waals surface area contributed by atoms with Crippen LogP contribution >= 0.6 is 0 Å². The number of hydrogen-bond donors (Lipinski definition) is 2. The van der Waals surface area contributed by atoms with Crippen molar-refractivity contribution in [3.63, 3.8) is 0 Å². The van der Waals surface area contributed by atoms with Crippen LogP contribution in [0.15, 0.2) is 54.6 Å². The van der Waals surface area contributed by atoms with Crippen LogP contribution in [0.2, 0.25) is 0 Å². The molecule has 0 aliphatic carbocycles. The third-order valence-electron chi connectivity index (χ3n) is 7.35. The molecule has 3 atom stereocenters. The summed E-state index contributed by atoms with van der Waals surface area (Å²) in [6.45, 7) is 8.73. The van der Waals surface area contributed by atoms with E-state index in [0.29, 0.717) is 24.3 Å². The molecule has 2 aromatic rings. The second-order valence-electron chi connectivity index (χ2n) is 11.9. The topological polar surface area (TPSA) is 117 Å². The van der Waals surface area contributed by atoms with E-state index in [1.165, 1.54) is 4.90 Å². The number of carbonyl (C=O) groups is 4. The molecule has 0 radical (unpaired) electrons. The van der Waals surface area contributed by atoms with E-state index in [-0.39, 0.29) is 55.5 Å². The van der Waals surface area contributed by atoms with Crippen molar-refractivity contribution in [1.82, 2.24) is 20.4 Å². The average molecular weight is 595 g/mol. The molecule has 0 bridgehead atoms. The number of rotatable bonds is 9. The molecule has 3 rings (SSSR count). The second-order valence-corrected chi connectivity index (χ2v) is 11.9. The van der Waals surface area contributed by atoms with Gasteiger partial charge in [0.05, 0.1) is 24.6 Å². The van der Waals surface area contributed by atoms with E-state index in [2.05, 4.69) is 24.5 Å². The number of ether oxygens (including phenoxy) is 2. The molecule has 2 aromatic carbocycles. The fourth-order valence-corrected chi connectivity index (χ4v) is 5.03. The van der Waals surface area contributed by atoms with Crippen molar-refractivity contribution in [1.29, 1.82) is 0 Å². The lowest BCUT2D eigenvalue weighted by atomic mass is 9.99. The number of likely N-dealkylation sites (N-methyl/N-ethyl adjacent to an activating group) is 2. The average Bonchev–Trinajstić information content (AvgIpc) is 2.97. The maximum absolute atomic E-state index is 13.7. The Morgan fingerprint density at radius 1 is 0.977 bits per heavy atom. The predicted octanol–water partition coefficient (Wildman–Crippen LogP) is 3.51. The Bertz CT molecular complexity index is 1230. The van der Waals surface area contributed by atoms with E-state index in [0.717, 1.165) is 0 Å². The van der Waals surface area contributed by atoms with Gasteiger partial charge in [-0.1, -0.05) is 58.0 Å². The molecule has 10 heteroatoms. The number of hydrogen-bond acceptors (Lipinski definition) is 6. The van der Waals surface area contributed by atoms with Crippen LogP contribution < -0.4 is 20.1 Å². The Morgan fingerprint density at radius 2 is 1.63 bits per heavy atom. The van der Waals surface area contributed by atoms with E-state index in [1.54, 1.807) is 43.3 Å². The molecule has 2 N–H and O–H groups in total. The van der Waals surface area contributed by atoms with E-state index in [4.69, 9.17) is 9.47 Å². The minimum Gasteiger partial charge on any atom is -0.492 e. The lowest BCUT2D eigenvalue weighted by Crippen LogP contribution is -2.55. The van der Waals surface area contributed by atoms with Crippen LogP contribution in [0.3, 0.4) is 0 Å². The zero-order valence-electron chi connectivity index (χ0n) is 26.2. The van der Waals surface area contributed by atoms with Crippen LogP contribution in [0.25, 0.3) is 0 Å². The first kappa shape index (κ1) is 33.4. The fourth-order valence-electron chi connectivity index (χ4n) is 5.03. The number of benzene rings is 2. The lowest BCUT2D eigenvalue weighted by Gasteiger charge is -2.34. The molecule has 1 aliphatic heterocycles. The zero-order chi connectivity index (χ0) is 31.5. The monoisotopic (exact) mass is 594 g/mol. The van der Waals surface area contributed by atoms with Gasteiger partial charge in [-0.25, -0.2) is 0 Å². The predicted molar refractivity (Wildman–Crippen MR) is 165 cm³/mol. The van der Waals surface area contributed by atoms with Crippen LogP contribution in [0.4, 0.5) is 0 Å². The van der Waals surface area contributed by atoms with Gasteiger partial charge in [-0.05, 0) is 48.9 Å². The van der Waals surface area contributed by atoms with Crippen LogP contribution in [0.5, 0.6) is 11.5 Å². The summed E-state index contributed by atoms with van der Waals surface area (Å²) in [6, 6.07) is 13.8. The SMILES string of the molecule is CC(C)C[C@@H]1COc2ccccc2C(=O)N[C@H](C(=O)N(C)CCOc2ccccc2)CC(=O)N[C@@H](CC(C)C)C(=O)N1C. The molecule has 234 valence electrons. The summed E-state index contributed by atoms with van der Waals surface area (Å²) in [4.78, 5) is 57.3. The van der Waals surface area contributed by atoms with Gasteiger partial charge >= 0.3 is 0 Å². The van der Waals surface area contributed by atoms with Crippen molar-refractivity contribution in [2.24, 2.45) is 11.8 Å². The van der Waals surface area contributed by atoms with E-state index < -0.39 is 29.8 Å². The summed E-state index contributed by atoms with van der Waals surface area (Å²) < 4.78 is 11.9. The van der Waals surface area contributed by atoms with Crippen molar-refractivity contribution in [3.05, 3.63) is 60.2 Å². The van der Waals surface area contributed by atoms with Crippen LogP contribution in [-0.2, 0) is 14.4 Å². The summed E-state index contributed by atoms with van der Waals surface area (Å²) in [5.41, 5.74) is 0.239. The van der Waals surface area contributed by atoms with Gasteiger partial charge in [0.25, 0.3) is 5.91 Å². The van der Waals surface area contributed by atoms with Crippen molar-refractivity contribution >= 4 is 23.6 Å². The third kappa shape index (κ3) is 10.0. The molecule has 10 nitrogen and oxygen atoms in total. The van der Waals surface area contributed by atoms with Crippen LogP contribution in [-0.4, -0.2) is 85.4 Å². The molecular weight excluding hydrogens is 548 g/mol. The quantitative estimate of drug-likeness (QED) is 0.459. The van der Waals surface area contributed by atoms with E-state index in [1.807, 2.05) is 44.2 Å². The molecule has 0 saturated heterocycles. The summed E-state index contributed by atoms with van der Waals surface area (Å²) in [6.07, 6.45) is 0.767. The molecule has 0 spiro atoms. The van der Waals surface area contributed by atoms with Crippen LogP contribution in [0.1, 0.15) is 57.3 Å². The molecule has 0 aromatic heterocycles. The smallest absolute Gasteiger partial charge is 0.255 e. The molecular formula is C33H46N4O6. The Labute approximate surface area is 255 Å². The van der Waals surface area contributed by atoms with Gasteiger partial charge in [-0.2, -0.15) is 0 Å². The van der Waals surface area contributed by atoms with Crippen molar-refractivity contribution in [2.45, 2.75) is 65.1 Å². The molecule has 0 saturated carbocycles. The summed E-state index contributed by atoms with van der Waals surface area (Å²) in [5, 5.41) is 5.62. The van der Waals surface area contributed by atoms with Gasteiger partial charge < -0.3 is 29.9 Å². The van der Waals surface area contributed by atoms with Crippen molar-refractivity contribution in [2.75, 3.05) is 33.9 Å². The lowest BCUT2D eigenvalue weighted by molar-refractivity contribution is -0.139.